The molecule has 1 rings (SSSR count). The number of carbonyl (C=O) groups excluding carboxylic acids is 1. The van der Waals surface area contributed by atoms with Gasteiger partial charge in [-0.25, -0.2) is 4.79 Å². The summed E-state index contributed by atoms with van der Waals surface area (Å²) in [5, 5.41) is 9.69. The van der Waals surface area contributed by atoms with Crippen LogP contribution >= 0.6 is 0 Å². The zero-order valence-electron chi connectivity index (χ0n) is 11.3. The molecule has 1 N–H and O–H groups in total. The number of ether oxygens (including phenoxy) is 2. The number of rotatable bonds is 5. The maximum Gasteiger partial charge on any atom is 0.341 e. The molecule has 0 aromatic heterocycles. The highest BCUT2D eigenvalue weighted by molar-refractivity contribution is 5.92. The molecule has 0 aliphatic carbocycles. The largest absolute Gasteiger partial charge is 0.496 e. The van der Waals surface area contributed by atoms with Gasteiger partial charge in [-0.05, 0) is 44.4 Å². The second-order valence-electron chi connectivity index (χ2n) is 4.84. The van der Waals surface area contributed by atoms with Gasteiger partial charge >= 0.3 is 5.97 Å². The minimum absolute atomic E-state index is 0.410. The number of benzene rings is 1. The van der Waals surface area contributed by atoms with Gasteiger partial charge in [0.05, 0.1) is 19.8 Å². The lowest BCUT2D eigenvalue weighted by Crippen LogP contribution is -2.19. The highest BCUT2D eigenvalue weighted by Gasteiger charge is 2.16. The first-order valence-electron chi connectivity index (χ1n) is 5.85. The van der Waals surface area contributed by atoms with Crippen LogP contribution in [0.25, 0.3) is 0 Å². The molecular formula is C14H20O4. The van der Waals surface area contributed by atoms with E-state index in [4.69, 9.17) is 9.47 Å². The predicted molar refractivity (Wildman–Crippen MR) is 69.0 cm³/mol. The number of aliphatic hydroxyl groups is 1. The van der Waals surface area contributed by atoms with Crippen molar-refractivity contribution in [2.75, 3.05) is 14.2 Å². The van der Waals surface area contributed by atoms with E-state index in [2.05, 4.69) is 0 Å². The Morgan fingerprint density at radius 3 is 2.50 bits per heavy atom. The molecule has 4 nitrogen and oxygen atoms in total. The summed E-state index contributed by atoms with van der Waals surface area (Å²) in [6.07, 6.45) is 1.32. The van der Waals surface area contributed by atoms with Crippen molar-refractivity contribution < 1.29 is 19.4 Å². The van der Waals surface area contributed by atoms with E-state index in [0.29, 0.717) is 24.2 Å². The summed E-state index contributed by atoms with van der Waals surface area (Å²) in [5.41, 5.74) is 0.664. The number of aryl methyl sites for hydroxylation is 1. The highest BCUT2D eigenvalue weighted by Crippen LogP contribution is 2.22. The first kappa shape index (κ1) is 14.5. The number of hydrogen-bond acceptors (Lipinski definition) is 4. The van der Waals surface area contributed by atoms with E-state index in [-0.39, 0.29) is 0 Å². The number of carbonyl (C=O) groups is 1. The van der Waals surface area contributed by atoms with Gasteiger partial charge in [0, 0.05) is 0 Å². The first-order valence-corrected chi connectivity index (χ1v) is 5.85. The van der Waals surface area contributed by atoms with Gasteiger partial charge in [0.2, 0.25) is 0 Å². The molecule has 0 saturated carbocycles. The van der Waals surface area contributed by atoms with Crippen molar-refractivity contribution >= 4 is 5.97 Å². The van der Waals surface area contributed by atoms with E-state index < -0.39 is 11.6 Å². The normalized spacial score (nSPS) is 11.2. The van der Waals surface area contributed by atoms with Gasteiger partial charge in [-0.2, -0.15) is 0 Å². The van der Waals surface area contributed by atoms with Crippen LogP contribution in [0.3, 0.4) is 0 Å². The molecule has 0 heterocycles. The maximum atomic E-state index is 11.6. The summed E-state index contributed by atoms with van der Waals surface area (Å²) in [6.45, 7) is 3.52. The van der Waals surface area contributed by atoms with E-state index in [0.717, 1.165) is 5.56 Å². The lowest BCUT2D eigenvalue weighted by Gasteiger charge is -2.17. The Morgan fingerprint density at radius 2 is 2.00 bits per heavy atom. The average Bonchev–Trinajstić information content (AvgIpc) is 2.34. The van der Waals surface area contributed by atoms with Crippen molar-refractivity contribution in [3.05, 3.63) is 29.3 Å². The van der Waals surface area contributed by atoms with Crippen molar-refractivity contribution in [1.82, 2.24) is 0 Å². The molecule has 0 unspecified atom stereocenters. The van der Waals surface area contributed by atoms with Gasteiger partial charge in [-0.1, -0.05) is 6.07 Å². The molecule has 0 atom stereocenters. The molecule has 1 aromatic rings. The van der Waals surface area contributed by atoms with Crippen molar-refractivity contribution in [3.8, 4) is 5.75 Å². The predicted octanol–water partition coefficient (Wildman–Crippen LogP) is 2.19. The van der Waals surface area contributed by atoms with Crippen molar-refractivity contribution in [2.24, 2.45) is 0 Å². The van der Waals surface area contributed by atoms with E-state index in [1.807, 2.05) is 6.07 Å². The minimum atomic E-state index is -0.717. The quantitative estimate of drug-likeness (QED) is 0.816. The molecule has 0 spiro atoms. The van der Waals surface area contributed by atoms with Crippen LogP contribution < -0.4 is 4.74 Å². The third-order valence-corrected chi connectivity index (χ3v) is 2.69. The van der Waals surface area contributed by atoms with Crippen molar-refractivity contribution in [1.29, 1.82) is 0 Å². The summed E-state index contributed by atoms with van der Waals surface area (Å²) in [7, 11) is 2.85. The van der Waals surface area contributed by atoms with Gasteiger partial charge in [0.15, 0.2) is 0 Å². The SMILES string of the molecule is COC(=O)c1cc(CCC(C)(C)O)ccc1OC. The van der Waals surface area contributed by atoms with Gasteiger partial charge in [0.25, 0.3) is 0 Å². The van der Waals surface area contributed by atoms with Crippen molar-refractivity contribution in [2.45, 2.75) is 32.3 Å². The standard InChI is InChI=1S/C14H20O4/c1-14(2,16)8-7-10-5-6-12(17-3)11(9-10)13(15)18-4/h5-6,9,16H,7-8H2,1-4H3. The second-order valence-corrected chi connectivity index (χ2v) is 4.84. The highest BCUT2D eigenvalue weighted by atomic mass is 16.5. The molecular weight excluding hydrogens is 232 g/mol. The summed E-state index contributed by atoms with van der Waals surface area (Å²) in [5.74, 6) is 0.0748. The van der Waals surface area contributed by atoms with Gasteiger partial charge in [0.1, 0.15) is 11.3 Å². The molecule has 0 aliphatic heterocycles. The molecule has 100 valence electrons. The molecule has 1 aromatic carbocycles. The van der Waals surface area contributed by atoms with Gasteiger partial charge < -0.3 is 14.6 Å². The average molecular weight is 252 g/mol. The third-order valence-electron chi connectivity index (χ3n) is 2.69. The molecule has 4 heteroatoms. The van der Waals surface area contributed by atoms with Gasteiger partial charge in [-0.15, -0.1) is 0 Å². The summed E-state index contributed by atoms with van der Waals surface area (Å²) >= 11 is 0. The molecule has 0 saturated heterocycles. The Balaban J connectivity index is 2.92. The van der Waals surface area contributed by atoms with Crippen LogP contribution in [0.15, 0.2) is 18.2 Å². The van der Waals surface area contributed by atoms with Crippen LogP contribution in [0.4, 0.5) is 0 Å². The van der Waals surface area contributed by atoms with Crippen LogP contribution in [-0.2, 0) is 11.2 Å². The number of methoxy groups -OCH3 is 2. The Labute approximate surface area is 108 Å². The molecule has 0 amide bonds. The topological polar surface area (TPSA) is 55.8 Å². The zero-order chi connectivity index (χ0) is 13.8. The Morgan fingerprint density at radius 1 is 1.33 bits per heavy atom. The van der Waals surface area contributed by atoms with E-state index in [1.54, 1.807) is 26.0 Å². The zero-order valence-corrected chi connectivity index (χ0v) is 11.3. The summed E-state index contributed by atoms with van der Waals surface area (Å²) < 4.78 is 9.83. The molecule has 0 aliphatic rings. The Kier molecular flexibility index (Phi) is 4.73. The smallest absolute Gasteiger partial charge is 0.341 e. The van der Waals surface area contributed by atoms with Crippen LogP contribution in [0.5, 0.6) is 5.75 Å². The monoisotopic (exact) mass is 252 g/mol. The lowest BCUT2D eigenvalue weighted by atomic mass is 9.97. The third kappa shape index (κ3) is 4.04. The fraction of sp³-hybridized carbons (Fsp3) is 0.500. The van der Waals surface area contributed by atoms with Crippen LogP contribution in [0.2, 0.25) is 0 Å². The van der Waals surface area contributed by atoms with Crippen LogP contribution in [0, 0.1) is 0 Å². The maximum absolute atomic E-state index is 11.6. The van der Waals surface area contributed by atoms with E-state index >= 15 is 0 Å². The fourth-order valence-electron chi connectivity index (χ4n) is 1.63. The molecule has 0 bridgehead atoms. The van der Waals surface area contributed by atoms with Crippen LogP contribution in [0.1, 0.15) is 36.2 Å². The van der Waals surface area contributed by atoms with E-state index in [9.17, 15) is 9.90 Å². The Bertz CT molecular complexity index is 418. The van der Waals surface area contributed by atoms with Crippen LogP contribution in [-0.4, -0.2) is 30.9 Å². The fourth-order valence-corrected chi connectivity index (χ4v) is 1.63. The van der Waals surface area contributed by atoms with E-state index in [1.165, 1.54) is 14.2 Å². The second kappa shape index (κ2) is 5.87. The summed E-state index contributed by atoms with van der Waals surface area (Å²) in [4.78, 5) is 11.6. The minimum Gasteiger partial charge on any atom is -0.496 e. The Hall–Kier alpha value is -1.55. The molecule has 0 fully saturated rings. The lowest BCUT2D eigenvalue weighted by molar-refractivity contribution is 0.0597. The molecule has 0 radical (unpaired) electrons. The number of hydrogen-bond donors (Lipinski definition) is 1. The first-order chi connectivity index (χ1) is 8.37. The van der Waals surface area contributed by atoms with Crippen molar-refractivity contribution in [3.63, 3.8) is 0 Å². The molecule has 18 heavy (non-hydrogen) atoms. The number of esters is 1. The summed E-state index contributed by atoms with van der Waals surface area (Å²) in [6, 6.07) is 5.37. The van der Waals surface area contributed by atoms with Gasteiger partial charge in [-0.3, -0.25) is 0 Å².